The van der Waals surface area contributed by atoms with E-state index in [2.05, 4.69) is 11.9 Å². The topological polar surface area (TPSA) is 59.2 Å². The highest BCUT2D eigenvalue weighted by Gasteiger charge is 2.08. The molecule has 4 nitrogen and oxygen atoms in total. The molecule has 0 radical (unpaired) electrons. The number of carbonyl (C=O) groups is 1. The molecule has 0 fully saturated rings. The normalized spacial score (nSPS) is 10.1. The van der Waals surface area contributed by atoms with Gasteiger partial charge in [0.15, 0.2) is 0 Å². The first kappa shape index (κ1) is 12.6. The minimum atomic E-state index is 0.0118. The maximum Gasteiger partial charge on any atom is 0.236 e. The van der Waals surface area contributed by atoms with Crippen LogP contribution in [0.15, 0.2) is 24.4 Å². The average Bonchev–Trinajstić information content (AvgIpc) is 2.34. The lowest BCUT2D eigenvalue weighted by molar-refractivity contribution is -0.131. The van der Waals surface area contributed by atoms with E-state index in [1.807, 2.05) is 18.2 Å². The molecule has 1 amide bonds. The zero-order valence-electron chi connectivity index (χ0n) is 9.72. The number of aromatic nitrogens is 1. The van der Waals surface area contributed by atoms with E-state index in [9.17, 15) is 4.79 Å². The van der Waals surface area contributed by atoms with Crippen molar-refractivity contribution in [3.05, 3.63) is 30.1 Å². The quantitative estimate of drug-likeness (QED) is 0.450. The molecule has 0 aliphatic rings. The fraction of sp³-hybridized carbons (Fsp3) is 0.500. The summed E-state index contributed by atoms with van der Waals surface area (Å²) in [4.78, 5) is 15.7. The second-order valence-corrected chi connectivity index (χ2v) is 3.76. The van der Waals surface area contributed by atoms with Crippen LogP contribution in [0.25, 0.3) is 0 Å². The summed E-state index contributed by atoms with van der Waals surface area (Å²) in [5.41, 5.74) is 0.959. The van der Waals surface area contributed by atoms with E-state index < -0.39 is 0 Å². The van der Waals surface area contributed by atoms with Crippen LogP contribution in [0.1, 0.15) is 31.9 Å². The molecule has 0 saturated heterocycles. The summed E-state index contributed by atoms with van der Waals surface area (Å²) in [5.74, 6) is 5.67. The summed E-state index contributed by atoms with van der Waals surface area (Å²) in [6.45, 7) is 2.58. The highest BCUT2D eigenvalue weighted by molar-refractivity contribution is 5.75. The molecule has 16 heavy (non-hydrogen) atoms. The van der Waals surface area contributed by atoms with Crippen LogP contribution < -0.4 is 5.84 Å². The Kier molecular flexibility index (Phi) is 5.50. The molecule has 1 heterocycles. The summed E-state index contributed by atoms with van der Waals surface area (Å²) in [7, 11) is 0. The van der Waals surface area contributed by atoms with Gasteiger partial charge in [0.1, 0.15) is 0 Å². The first-order chi connectivity index (χ1) is 7.74. The van der Waals surface area contributed by atoms with Gasteiger partial charge in [-0.3, -0.25) is 14.8 Å². The molecule has 1 rings (SSSR count). The number of hydrogen-bond acceptors (Lipinski definition) is 3. The molecule has 1 aromatic heterocycles. The Bertz CT molecular complexity index is 313. The molecule has 0 bridgehead atoms. The number of hydrogen-bond donors (Lipinski definition) is 1. The fourth-order valence-corrected chi connectivity index (χ4v) is 1.38. The van der Waals surface area contributed by atoms with Crippen molar-refractivity contribution < 1.29 is 4.79 Å². The Morgan fingerprint density at radius 1 is 1.50 bits per heavy atom. The molecule has 1 aromatic rings. The van der Waals surface area contributed by atoms with Gasteiger partial charge in [0, 0.05) is 31.3 Å². The molecule has 88 valence electrons. The van der Waals surface area contributed by atoms with E-state index in [-0.39, 0.29) is 5.91 Å². The largest absolute Gasteiger partial charge is 0.280 e. The maximum absolute atomic E-state index is 11.5. The first-order valence-corrected chi connectivity index (χ1v) is 5.69. The third kappa shape index (κ3) is 4.40. The van der Waals surface area contributed by atoms with Gasteiger partial charge in [-0.25, -0.2) is 5.84 Å². The predicted molar refractivity (Wildman–Crippen MR) is 63.4 cm³/mol. The van der Waals surface area contributed by atoms with Crippen molar-refractivity contribution in [2.45, 2.75) is 32.6 Å². The lowest BCUT2D eigenvalue weighted by atomic mass is 10.2. The minimum Gasteiger partial charge on any atom is -0.280 e. The Morgan fingerprint density at radius 2 is 2.31 bits per heavy atom. The number of nitrogens with two attached hydrogens (primary N) is 1. The van der Waals surface area contributed by atoms with Gasteiger partial charge in [0.05, 0.1) is 0 Å². The molecule has 0 aromatic carbocycles. The number of hydrazine groups is 1. The molecular formula is C12H19N3O. The van der Waals surface area contributed by atoms with E-state index >= 15 is 0 Å². The molecule has 0 aliphatic heterocycles. The van der Waals surface area contributed by atoms with Crippen molar-refractivity contribution in [2.24, 2.45) is 5.84 Å². The van der Waals surface area contributed by atoms with Gasteiger partial charge >= 0.3 is 0 Å². The van der Waals surface area contributed by atoms with Crippen LogP contribution in [0.5, 0.6) is 0 Å². The Hall–Kier alpha value is -1.42. The van der Waals surface area contributed by atoms with Crippen LogP contribution in [-0.4, -0.2) is 22.4 Å². The van der Waals surface area contributed by atoms with E-state index in [0.717, 1.165) is 18.5 Å². The van der Waals surface area contributed by atoms with Gasteiger partial charge in [0.25, 0.3) is 0 Å². The van der Waals surface area contributed by atoms with Crippen molar-refractivity contribution >= 4 is 5.91 Å². The van der Waals surface area contributed by atoms with E-state index in [1.54, 1.807) is 6.20 Å². The van der Waals surface area contributed by atoms with Gasteiger partial charge < -0.3 is 0 Å². The number of amides is 1. The van der Waals surface area contributed by atoms with Crippen LogP contribution in [0.2, 0.25) is 0 Å². The molecule has 0 spiro atoms. The van der Waals surface area contributed by atoms with Gasteiger partial charge in [-0.1, -0.05) is 19.4 Å². The molecule has 4 heteroatoms. The van der Waals surface area contributed by atoms with Crippen molar-refractivity contribution in [3.63, 3.8) is 0 Å². The van der Waals surface area contributed by atoms with Crippen molar-refractivity contribution in [1.82, 2.24) is 9.99 Å². The van der Waals surface area contributed by atoms with Gasteiger partial charge in [-0.05, 0) is 18.6 Å². The van der Waals surface area contributed by atoms with E-state index in [4.69, 9.17) is 5.84 Å². The summed E-state index contributed by atoms with van der Waals surface area (Å²) < 4.78 is 0. The number of nitrogens with zero attached hydrogens (tertiary/aromatic N) is 2. The van der Waals surface area contributed by atoms with Crippen LogP contribution in [0.4, 0.5) is 0 Å². The predicted octanol–water partition coefficient (Wildman–Crippen LogP) is 1.52. The van der Waals surface area contributed by atoms with Crippen LogP contribution in [0, 0.1) is 0 Å². The molecule has 2 N–H and O–H groups in total. The lowest BCUT2D eigenvalue weighted by Crippen LogP contribution is -2.38. The van der Waals surface area contributed by atoms with Gasteiger partial charge in [-0.2, -0.15) is 0 Å². The molecule has 0 unspecified atom stereocenters. The average molecular weight is 221 g/mol. The smallest absolute Gasteiger partial charge is 0.236 e. The monoisotopic (exact) mass is 221 g/mol. The first-order valence-electron chi connectivity index (χ1n) is 5.69. The van der Waals surface area contributed by atoms with E-state index in [1.165, 1.54) is 5.01 Å². The second-order valence-electron chi connectivity index (χ2n) is 3.76. The van der Waals surface area contributed by atoms with Crippen molar-refractivity contribution in [2.75, 3.05) is 6.54 Å². The van der Waals surface area contributed by atoms with Gasteiger partial charge in [0.2, 0.25) is 5.91 Å². The second kappa shape index (κ2) is 6.95. The van der Waals surface area contributed by atoms with Crippen molar-refractivity contribution in [1.29, 1.82) is 0 Å². The molecule has 0 saturated carbocycles. The maximum atomic E-state index is 11.5. The number of carbonyl (C=O) groups excluding carboxylic acids is 1. The van der Waals surface area contributed by atoms with Crippen LogP contribution in [-0.2, 0) is 11.2 Å². The highest BCUT2D eigenvalue weighted by Crippen LogP contribution is 2.00. The van der Waals surface area contributed by atoms with Gasteiger partial charge in [-0.15, -0.1) is 0 Å². The number of rotatable bonds is 6. The molecular weight excluding hydrogens is 202 g/mol. The summed E-state index contributed by atoms with van der Waals surface area (Å²) in [6, 6.07) is 5.74. The molecule has 0 atom stereocenters. The zero-order chi connectivity index (χ0) is 11.8. The zero-order valence-corrected chi connectivity index (χ0v) is 9.72. The highest BCUT2D eigenvalue weighted by atomic mass is 16.2. The van der Waals surface area contributed by atoms with Crippen LogP contribution in [0.3, 0.4) is 0 Å². The Balaban J connectivity index is 2.29. The number of pyridine rings is 1. The lowest BCUT2D eigenvalue weighted by Gasteiger charge is -2.15. The Labute approximate surface area is 96.4 Å². The van der Waals surface area contributed by atoms with E-state index in [0.29, 0.717) is 19.4 Å². The standard InChI is InChI=1S/C12H19N3O/c1-2-3-7-12(16)15(13)10-8-11-6-4-5-9-14-11/h4-6,9H,2-3,7-8,10,13H2,1H3. The van der Waals surface area contributed by atoms with Crippen molar-refractivity contribution in [3.8, 4) is 0 Å². The third-order valence-electron chi connectivity index (χ3n) is 2.40. The third-order valence-corrected chi connectivity index (χ3v) is 2.40. The summed E-state index contributed by atoms with van der Waals surface area (Å²) in [6.07, 6.45) is 4.90. The SMILES string of the molecule is CCCCC(=O)N(N)CCc1ccccn1. The summed E-state index contributed by atoms with van der Waals surface area (Å²) in [5, 5.41) is 1.30. The fourth-order valence-electron chi connectivity index (χ4n) is 1.38. The van der Waals surface area contributed by atoms with Crippen LogP contribution >= 0.6 is 0 Å². The Morgan fingerprint density at radius 3 is 2.94 bits per heavy atom. The molecule has 0 aliphatic carbocycles. The summed E-state index contributed by atoms with van der Waals surface area (Å²) >= 11 is 0. The number of unbranched alkanes of at least 4 members (excludes halogenated alkanes) is 1. The minimum absolute atomic E-state index is 0.0118.